The van der Waals surface area contributed by atoms with Crippen LogP contribution < -0.4 is 5.56 Å². The summed E-state index contributed by atoms with van der Waals surface area (Å²) < 4.78 is 47.5. The van der Waals surface area contributed by atoms with Crippen molar-refractivity contribution in [2.75, 3.05) is 26.8 Å². The fourth-order valence-electron chi connectivity index (χ4n) is 4.21. The Morgan fingerprint density at radius 1 is 1.34 bits per heavy atom. The van der Waals surface area contributed by atoms with Gasteiger partial charge in [-0.3, -0.25) is 14.6 Å². The minimum absolute atomic E-state index is 0.154. The van der Waals surface area contributed by atoms with Crippen molar-refractivity contribution in [1.82, 2.24) is 29.3 Å². The minimum Gasteiger partial charge on any atom is -0.384 e. The normalized spacial score (nSPS) is 16.6. The van der Waals surface area contributed by atoms with E-state index in [1.165, 1.54) is 27.4 Å². The maximum Gasteiger partial charge on any atom is 0.394 e. The molecule has 3 aromatic heterocycles. The number of aromatic nitrogens is 5. The van der Waals surface area contributed by atoms with Gasteiger partial charge in [0.1, 0.15) is 5.52 Å². The first kappa shape index (κ1) is 22.1. The van der Waals surface area contributed by atoms with E-state index in [9.17, 15) is 22.8 Å². The number of hydrogen-bond acceptors (Lipinski definition) is 5. The Labute approximate surface area is 180 Å². The number of nitrogens with one attached hydrogen (secondary N) is 1. The first-order valence-electron chi connectivity index (χ1n) is 10.2. The third-order valence-corrected chi connectivity index (χ3v) is 5.99. The van der Waals surface area contributed by atoms with Gasteiger partial charge in [0, 0.05) is 26.4 Å². The Hall–Kier alpha value is -3.15. The van der Waals surface area contributed by atoms with Crippen LogP contribution in [0.5, 0.6) is 0 Å². The summed E-state index contributed by atoms with van der Waals surface area (Å²) in [6, 6.07) is 3.31. The number of rotatable bonds is 5. The lowest BCUT2D eigenvalue weighted by Gasteiger charge is -2.36. The third-order valence-electron chi connectivity index (χ3n) is 5.99. The van der Waals surface area contributed by atoms with Crippen molar-refractivity contribution in [2.45, 2.75) is 25.9 Å². The number of nitrogens with zero attached hydrogens (tertiary/aromatic N) is 5. The van der Waals surface area contributed by atoms with E-state index in [1.54, 1.807) is 25.3 Å². The maximum absolute atomic E-state index is 13.3. The zero-order chi connectivity index (χ0) is 23.0. The summed E-state index contributed by atoms with van der Waals surface area (Å²) >= 11 is 0. The summed E-state index contributed by atoms with van der Waals surface area (Å²) in [5.74, 6) is -2.29. The number of halogens is 3. The van der Waals surface area contributed by atoms with E-state index in [0.717, 1.165) is 0 Å². The number of carbonyl (C=O) groups is 1. The van der Waals surface area contributed by atoms with Gasteiger partial charge in [-0.25, -0.2) is 9.20 Å². The molecular weight excluding hydrogens is 429 g/mol. The van der Waals surface area contributed by atoms with Gasteiger partial charge in [-0.05, 0) is 37.8 Å². The first-order chi connectivity index (χ1) is 15.2. The van der Waals surface area contributed by atoms with Gasteiger partial charge in [-0.15, -0.1) is 5.10 Å². The molecule has 0 saturated carbocycles. The summed E-state index contributed by atoms with van der Waals surface area (Å²) in [5, 5.41) is 8.49. The van der Waals surface area contributed by atoms with Gasteiger partial charge < -0.3 is 9.64 Å². The molecule has 1 saturated heterocycles. The van der Waals surface area contributed by atoms with Crippen LogP contribution in [0.3, 0.4) is 0 Å². The van der Waals surface area contributed by atoms with E-state index >= 15 is 0 Å². The van der Waals surface area contributed by atoms with Crippen molar-refractivity contribution < 1.29 is 22.7 Å². The van der Waals surface area contributed by atoms with Crippen molar-refractivity contribution in [3.05, 3.63) is 46.1 Å². The van der Waals surface area contributed by atoms with Crippen LogP contribution in [0, 0.1) is 18.8 Å². The van der Waals surface area contributed by atoms with Crippen LogP contribution in [-0.4, -0.2) is 68.2 Å². The second-order valence-corrected chi connectivity index (χ2v) is 7.90. The van der Waals surface area contributed by atoms with Crippen molar-refractivity contribution >= 4 is 11.4 Å². The number of H-pyrrole nitrogens is 1. The zero-order valence-corrected chi connectivity index (χ0v) is 17.6. The lowest BCUT2D eigenvalue weighted by molar-refractivity contribution is -0.204. The SMILES string of the molecule is COCC(C1CCN(C(=O)c2cnn(-c3nn4cccc4c(=O)[nH]3)c2C)CC1)C(F)(F)F. The minimum atomic E-state index is -4.34. The Morgan fingerprint density at radius 2 is 2.06 bits per heavy atom. The molecular formula is C20H23F3N6O3. The monoisotopic (exact) mass is 452 g/mol. The molecule has 172 valence electrons. The third kappa shape index (κ3) is 4.01. The number of likely N-dealkylation sites (tertiary alicyclic amines) is 1. The van der Waals surface area contributed by atoms with E-state index in [0.29, 0.717) is 16.8 Å². The molecule has 0 radical (unpaired) electrons. The molecule has 0 spiro atoms. The number of ether oxygens (including phenoxy) is 1. The molecule has 4 rings (SSSR count). The van der Waals surface area contributed by atoms with E-state index < -0.39 is 18.0 Å². The van der Waals surface area contributed by atoms with E-state index in [2.05, 4.69) is 15.2 Å². The summed E-state index contributed by atoms with van der Waals surface area (Å²) in [4.78, 5) is 29.4. The predicted octanol–water partition coefficient (Wildman–Crippen LogP) is 2.19. The largest absolute Gasteiger partial charge is 0.394 e. The van der Waals surface area contributed by atoms with Crippen LogP contribution in [0.1, 0.15) is 28.9 Å². The molecule has 1 aliphatic rings. The van der Waals surface area contributed by atoms with Crippen molar-refractivity contribution in [3.8, 4) is 5.95 Å². The number of carbonyl (C=O) groups excluding carboxylic acids is 1. The van der Waals surface area contributed by atoms with Gasteiger partial charge in [0.2, 0.25) is 5.95 Å². The second-order valence-electron chi connectivity index (χ2n) is 7.90. The van der Waals surface area contributed by atoms with Crippen LogP contribution in [0.15, 0.2) is 29.3 Å². The number of alkyl halides is 3. The highest BCUT2D eigenvalue weighted by Crippen LogP contribution is 2.37. The van der Waals surface area contributed by atoms with Gasteiger partial charge in [-0.1, -0.05) is 0 Å². The quantitative estimate of drug-likeness (QED) is 0.640. The number of hydrogen-bond donors (Lipinski definition) is 1. The van der Waals surface area contributed by atoms with Gasteiger partial charge in [0.05, 0.1) is 30.0 Å². The number of aromatic amines is 1. The summed E-state index contributed by atoms with van der Waals surface area (Å²) in [6.07, 6.45) is -0.847. The van der Waals surface area contributed by atoms with Crippen molar-refractivity contribution in [2.24, 2.45) is 11.8 Å². The Kier molecular flexibility index (Phi) is 5.80. The Morgan fingerprint density at radius 3 is 2.72 bits per heavy atom. The molecule has 1 amide bonds. The molecule has 12 heteroatoms. The summed E-state index contributed by atoms with van der Waals surface area (Å²) in [7, 11) is 1.26. The van der Waals surface area contributed by atoms with E-state index in [4.69, 9.17) is 4.74 Å². The van der Waals surface area contributed by atoms with Crippen LogP contribution in [0.4, 0.5) is 13.2 Å². The second kappa shape index (κ2) is 8.41. The molecule has 3 aromatic rings. The van der Waals surface area contributed by atoms with Gasteiger partial charge in [0.15, 0.2) is 0 Å². The Bertz CT molecular complexity index is 1170. The van der Waals surface area contributed by atoms with Crippen molar-refractivity contribution in [3.63, 3.8) is 0 Å². The zero-order valence-electron chi connectivity index (χ0n) is 17.6. The molecule has 1 unspecified atom stereocenters. The first-order valence-corrected chi connectivity index (χ1v) is 10.2. The van der Waals surface area contributed by atoms with Crippen molar-refractivity contribution in [1.29, 1.82) is 0 Å². The van der Waals surface area contributed by atoms with E-state index in [1.807, 2.05) is 0 Å². The molecule has 0 bridgehead atoms. The lowest BCUT2D eigenvalue weighted by atomic mass is 9.84. The fraction of sp³-hybridized carbons (Fsp3) is 0.500. The highest BCUT2D eigenvalue weighted by atomic mass is 19.4. The number of fused-ring (bicyclic) bond motifs is 1. The number of methoxy groups -OCH3 is 1. The molecule has 0 aliphatic carbocycles. The molecule has 1 atom stereocenters. The van der Waals surface area contributed by atoms with Crippen LogP contribution in [-0.2, 0) is 4.74 Å². The molecule has 4 heterocycles. The van der Waals surface area contributed by atoms with Crippen LogP contribution >= 0.6 is 0 Å². The number of piperidine rings is 1. The Balaban J connectivity index is 1.50. The van der Waals surface area contributed by atoms with Crippen LogP contribution in [0.2, 0.25) is 0 Å². The fourth-order valence-corrected chi connectivity index (χ4v) is 4.21. The van der Waals surface area contributed by atoms with Gasteiger partial charge in [0.25, 0.3) is 11.5 Å². The molecule has 0 aromatic carbocycles. The topological polar surface area (TPSA) is 97.5 Å². The molecule has 1 N–H and O–H groups in total. The average Bonchev–Trinajstić information content (AvgIpc) is 3.37. The molecule has 1 fully saturated rings. The summed E-state index contributed by atoms with van der Waals surface area (Å²) in [5.41, 5.74) is 0.811. The molecule has 1 aliphatic heterocycles. The lowest BCUT2D eigenvalue weighted by Crippen LogP contribution is -2.44. The van der Waals surface area contributed by atoms with Crippen LogP contribution in [0.25, 0.3) is 11.5 Å². The number of amides is 1. The predicted molar refractivity (Wildman–Crippen MR) is 108 cm³/mol. The standard InChI is InChI=1S/C20H23F3N6O3/c1-12-14(10-24-29(12)19-25-17(30)16-4-3-7-28(16)26-19)18(31)27-8-5-13(6-9-27)15(11-32-2)20(21,22)23/h3-4,7,10,13,15H,5-6,8-9,11H2,1-2H3,(H,25,26,30). The van der Waals surface area contributed by atoms with Gasteiger partial charge >= 0.3 is 6.18 Å². The highest BCUT2D eigenvalue weighted by Gasteiger charge is 2.45. The molecule has 32 heavy (non-hydrogen) atoms. The van der Waals surface area contributed by atoms with Gasteiger partial charge in [-0.2, -0.15) is 18.3 Å². The average molecular weight is 452 g/mol. The smallest absolute Gasteiger partial charge is 0.384 e. The highest BCUT2D eigenvalue weighted by molar-refractivity contribution is 5.95. The molecule has 9 nitrogen and oxygen atoms in total. The maximum atomic E-state index is 13.3. The summed E-state index contributed by atoms with van der Waals surface area (Å²) in [6.45, 7) is 1.72. The van der Waals surface area contributed by atoms with E-state index in [-0.39, 0.29) is 50.0 Å².